The predicted molar refractivity (Wildman–Crippen MR) is 73.6 cm³/mol. The third-order valence-corrected chi connectivity index (χ3v) is 3.38. The molecule has 0 spiro atoms. The Hall–Kier alpha value is -2.46. The van der Waals surface area contributed by atoms with E-state index in [0.29, 0.717) is 0 Å². The number of anilines is 1. The van der Waals surface area contributed by atoms with E-state index in [4.69, 9.17) is 0 Å². The summed E-state index contributed by atoms with van der Waals surface area (Å²) in [6.07, 6.45) is -7.56. The molecule has 24 heavy (non-hydrogen) atoms. The van der Waals surface area contributed by atoms with Crippen LogP contribution < -0.4 is 5.32 Å². The SMILES string of the molecule is Cc1[nH]nc(C(F)(F)F)c1NC(=O)C(C)n1nc(C(F)F)cc1C. The molecule has 2 aromatic rings. The Morgan fingerprint density at radius 2 is 1.96 bits per heavy atom. The van der Waals surface area contributed by atoms with Gasteiger partial charge in [-0.1, -0.05) is 0 Å². The van der Waals surface area contributed by atoms with E-state index in [1.807, 2.05) is 0 Å². The minimum absolute atomic E-state index is 0.0216. The molecule has 11 heteroatoms. The highest BCUT2D eigenvalue weighted by atomic mass is 19.4. The van der Waals surface area contributed by atoms with Crippen molar-refractivity contribution in [2.24, 2.45) is 0 Å². The van der Waals surface area contributed by atoms with E-state index < -0.39 is 41.6 Å². The van der Waals surface area contributed by atoms with Gasteiger partial charge in [-0.25, -0.2) is 8.78 Å². The molecule has 0 saturated heterocycles. The lowest BCUT2D eigenvalue weighted by atomic mass is 10.2. The molecule has 1 atom stereocenters. The van der Waals surface area contributed by atoms with Crippen LogP contribution in [0.15, 0.2) is 6.07 Å². The Morgan fingerprint density at radius 1 is 1.33 bits per heavy atom. The number of nitrogens with one attached hydrogen (secondary N) is 2. The van der Waals surface area contributed by atoms with Crippen molar-refractivity contribution in [1.82, 2.24) is 20.0 Å². The summed E-state index contributed by atoms with van der Waals surface area (Å²) in [4.78, 5) is 12.2. The largest absolute Gasteiger partial charge is 0.437 e. The summed E-state index contributed by atoms with van der Waals surface area (Å²) in [7, 11) is 0. The van der Waals surface area contributed by atoms with Crippen molar-refractivity contribution in [1.29, 1.82) is 0 Å². The van der Waals surface area contributed by atoms with Crippen molar-refractivity contribution in [2.45, 2.75) is 39.4 Å². The number of hydrogen-bond donors (Lipinski definition) is 2. The number of H-pyrrole nitrogens is 1. The lowest BCUT2D eigenvalue weighted by molar-refractivity contribution is -0.140. The van der Waals surface area contributed by atoms with Gasteiger partial charge in [-0.2, -0.15) is 23.4 Å². The molecule has 1 unspecified atom stereocenters. The van der Waals surface area contributed by atoms with Gasteiger partial charge >= 0.3 is 6.18 Å². The van der Waals surface area contributed by atoms with E-state index in [0.717, 1.165) is 10.7 Å². The number of aromatic nitrogens is 4. The fourth-order valence-corrected chi connectivity index (χ4v) is 2.14. The smallest absolute Gasteiger partial charge is 0.321 e. The van der Waals surface area contributed by atoms with Gasteiger partial charge in [0.2, 0.25) is 5.91 Å². The highest BCUT2D eigenvalue weighted by molar-refractivity contribution is 5.94. The van der Waals surface area contributed by atoms with Crippen LogP contribution in [-0.2, 0) is 11.0 Å². The maximum Gasteiger partial charge on any atom is 0.437 e. The molecule has 0 aliphatic heterocycles. The molecule has 6 nitrogen and oxygen atoms in total. The van der Waals surface area contributed by atoms with Crippen LogP contribution >= 0.6 is 0 Å². The van der Waals surface area contributed by atoms with E-state index in [-0.39, 0.29) is 11.4 Å². The van der Waals surface area contributed by atoms with Crippen molar-refractivity contribution < 1.29 is 26.7 Å². The molecular weight excluding hydrogens is 337 g/mol. The van der Waals surface area contributed by atoms with Crippen LogP contribution in [0.5, 0.6) is 0 Å². The minimum Gasteiger partial charge on any atom is -0.321 e. The summed E-state index contributed by atoms with van der Waals surface area (Å²) < 4.78 is 64.9. The van der Waals surface area contributed by atoms with Crippen LogP contribution in [0.4, 0.5) is 27.6 Å². The van der Waals surface area contributed by atoms with Gasteiger partial charge in [0.15, 0.2) is 5.69 Å². The first-order chi connectivity index (χ1) is 11.0. The van der Waals surface area contributed by atoms with E-state index in [2.05, 4.69) is 20.6 Å². The van der Waals surface area contributed by atoms with Gasteiger partial charge in [0, 0.05) is 5.69 Å². The molecule has 0 fully saturated rings. The summed E-state index contributed by atoms with van der Waals surface area (Å²) >= 11 is 0. The van der Waals surface area contributed by atoms with Crippen molar-refractivity contribution >= 4 is 11.6 Å². The Balaban J connectivity index is 2.26. The molecule has 1 amide bonds. The topological polar surface area (TPSA) is 75.6 Å². The molecule has 2 heterocycles. The van der Waals surface area contributed by atoms with Gasteiger partial charge in [-0.05, 0) is 26.8 Å². The van der Waals surface area contributed by atoms with Gasteiger partial charge in [0.25, 0.3) is 6.43 Å². The van der Waals surface area contributed by atoms with Crippen LogP contribution in [0.25, 0.3) is 0 Å². The van der Waals surface area contributed by atoms with Crippen LogP contribution in [-0.4, -0.2) is 25.9 Å². The van der Waals surface area contributed by atoms with E-state index >= 15 is 0 Å². The van der Waals surface area contributed by atoms with Crippen molar-refractivity contribution in [3.05, 3.63) is 28.8 Å². The quantitative estimate of drug-likeness (QED) is 0.829. The zero-order valence-corrected chi connectivity index (χ0v) is 12.9. The number of alkyl halides is 5. The number of carbonyl (C=O) groups is 1. The monoisotopic (exact) mass is 351 g/mol. The third-order valence-electron chi connectivity index (χ3n) is 3.38. The normalized spacial score (nSPS) is 13.4. The maximum absolute atomic E-state index is 12.9. The number of hydrogen-bond acceptors (Lipinski definition) is 3. The van der Waals surface area contributed by atoms with Crippen molar-refractivity contribution in [3.8, 4) is 0 Å². The predicted octanol–water partition coefficient (Wildman–Crippen LogP) is 3.38. The lowest BCUT2D eigenvalue weighted by Crippen LogP contribution is -2.26. The zero-order chi connectivity index (χ0) is 18.2. The van der Waals surface area contributed by atoms with Gasteiger partial charge in [0.05, 0.1) is 11.4 Å². The molecule has 0 aromatic carbocycles. The second-order valence-corrected chi connectivity index (χ2v) is 5.19. The molecule has 0 aliphatic carbocycles. The summed E-state index contributed by atoms with van der Waals surface area (Å²) in [5, 5.41) is 11.0. The van der Waals surface area contributed by atoms with Gasteiger partial charge in [-0.15, -0.1) is 0 Å². The summed E-state index contributed by atoms with van der Waals surface area (Å²) in [5.41, 5.74) is -1.96. The average molecular weight is 351 g/mol. The Kier molecular flexibility index (Phi) is 4.63. The van der Waals surface area contributed by atoms with Gasteiger partial charge < -0.3 is 5.32 Å². The first kappa shape index (κ1) is 17.9. The number of aromatic amines is 1. The Labute approximate surface area is 133 Å². The summed E-state index contributed by atoms with van der Waals surface area (Å²) in [5.74, 6) is -0.836. The fraction of sp³-hybridized carbons (Fsp3) is 0.462. The third kappa shape index (κ3) is 3.39. The summed E-state index contributed by atoms with van der Waals surface area (Å²) in [6.45, 7) is 4.12. The molecular formula is C13H14F5N5O. The second kappa shape index (κ2) is 6.21. The first-order valence-corrected chi connectivity index (χ1v) is 6.79. The lowest BCUT2D eigenvalue weighted by Gasteiger charge is -2.15. The highest BCUT2D eigenvalue weighted by Gasteiger charge is 2.38. The van der Waals surface area contributed by atoms with Crippen LogP contribution in [0.3, 0.4) is 0 Å². The first-order valence-electron chi connectivity index (χ1n) is 6.79. The number of halogens is 5. The molecule has 0 aliphatic rings. The number of carbonyl (C=O) groups excluding carboxylic acids is 1. The van der Waals surface area contributed by atoms with Crippen LogP contribution in [0.2, 0.25) is 0 Å². The van der Waals surface area contributed by atoms with Crippen LogP contribution in [0.1, 0.15) is 42.2 Å². The molecule has 2 N–H and O–H groups in total. The molecule has 132 valence electrons. The molecule has 0 bridgehead atoms. The van der Waals surface area contributed by atoms with Crippen molar-refractivity contribution in [3.63, 3.8) is 0 Å². The maximum atomic E-state index is 12.9. The summed E-state index contributed by atoms with van der Waals surface area (Å²) in [6, 6.07) is 0.0199. The van der Waals surface area contributed by atoms with Crippen molar-refractivity contribution in [2.75, 3.05) is 5.32 Å². The van der Waals surface area contributed by atoms with Crippen LogP contribution in [0, 0.1) is 13.8 Å². The number of aryl methyl sites for hydroxylation is 2. The van der Waals surface area contributed by atoms with Gasteiger partial charge in [0.1, 0.15) is 11.7 Å². The van der Waals surface area contributed by atoms with E-state index in [1.54, 1.807) is 0 Å². The fourth-order valence-electron chi connectivity index (χ4n) is 2.14. The number of rotatable bonds is 4. The Bertz CT molecular complexity index is 749. The number of amides is 1. The molecule has 2 rings (SSSR count). The van der Waals surface area contributed by atoms with E-state index in [9.17, 15) is 26.7 Å². The minimum atomic E-state index is -4.75. The molecule has 2 aromatic heterocycles. The Morgan fingerprint density at radius 3 is 2.46 bits per heavy atom. The molecule has 0 radical (unpaired) electrons. The highest BCUT2D eigenvalue weighted by Crippen LogP contribution is 2.35. The standard InChI is InChI=1S/C13H14F5N5O/c1-5-4-8(11(14)15)22-23(5)7(3)12(24)19-9-6(2)20-21-10(9)13(16,17)18/h4,7,11H,1-3H3,(H,19,24)(H,20,21). The van der Waals surface area contributed by atoms with E-state index in [1.165, 1.54) is 20.8 Å². The number of nitrogens with zero attached hydrogens (tertiary/aromatic N) is 3. The average Bonchev–Trinajstić information content (AvgIpc) is 3.02. The second-order valence-electron chi connectivity index (χ2n) is 5.19. The molecule has 0 saturated carbocycles. The van der Waals surface area contributed by atoms with Gasteiger partial charge in [-0.3, -0.25) is 14.6 Å². The zero-order valence-electron chi connectivity index (χ0n) is 12.9.